The van der Waals surface area contributed by atoms with Crippen molar-refractivity contribution < 1.29 is 27.6 Å². The van der Waals surface area contributed by atoms with Gasteiger partial charge in [0.05, 0.1) is 10.6 Å². The van der Waals surface area contributed by atoms with Crippen molar-refractivity contribution in [1.29, 1.82) is 0 Å². The lowest BCUT2D eigenvalue weighted by atomic mass is 10.2. The minimum absolute atomic E-state index is 0.0941. The van der Waals surface area contributed by atoms with Crippen molar-refractivity contribution in [3.63, 3.8) is 0 Å². The maximum Gasteiger partial charge on any atom is 0.264 e. The fraction of sp³-hybridized carbons (Fsp3) is 0.333. The van der Waals surface area contributed by atoms with Crippen LogP contribution < -0.4 is 14.4 Å². The molecule has 2 aliphatic rings. The molecule has 0 aliphatic carbocycles. The third-order valence-corrected chi connectivity index (χ3v) is 7.79. The van der Waals surface area contributed by atoms with Crippen LogP contribution in [0.25, 0.3) is 6.08 Å². The van der Waals surface area contributed by atoms with Crippen LogP contribution in [0.5, 0.6) is 17.4 Å². The van der Waals surface area contributed by atoms with E-state index in [1.54, 1.807) is 10.6 Å². The van der Waals surface area contributed by atoms with E-state index in [9.17, 15) is 13.5 Å². The molecule has 0 atom stereocenters. The average Bonchev–Trinajstić information content (AvgIpc) is 3.35. The minimum atomic E-state index is -4.06. The molecule has 3 heterocycles. The highest BCUT2D eigenvalue weighted by atomic mass is 32.2. The average molecular weight is 487 g/mol. The van der Waals surface area contributed by atoms with Crippen LogP contribution in [-0.4, -0.2) is 41.7 Å². The molecule has 0 saturated heterocycles. The molecule has 0 unspecified atom stereocenters. The van der Waals surface area contributed by atoms with Gasteiger partial charge in [0.25, 0.3) is 10.1 Å². The highest BCUT2D eigenvalue weighted by Gasteiger charge is 2.33. The van der Waals surface area contributed by atoms with Crippen molar-refractivity contribution >= 4 is 57.2 Å². The SMILES string of the molecule is CCn1c(O)c(C=C=C2Sc3ccc4c(c3N2CCCS(=O)(=O)O)OCO4)sc1=S. The van der Waals surface area contributed by atoms with E-state index < -0.39 is 10.1 Å². The smallest absolute Gasteiger partial charge is 0.264 e. The van der Waals surface area contributed by atoms with E-state index >= 15 is 0 Å². The molecule has 2 N–H and O–H groups in total. The predicted octanol–water partition coefficient (Wildman–Crippen LogP) is 4.08. The van der Waals surface area contributed by atoms with Crippen molar-refractivity contribution in [2.75, 3.05) is 24.0 Å². The summed E-state index contributed by atoms with van der Waals surface area (Å²) in [6.07, 6.45) is 1.88. The van der Waals surface area contributed by atoms with E-state index in [1.807, 2.05) is 24.0 Å². The van der Waals surface area contributed by atoms with Gasteiger partial charge in [0.1, 0.15) is 10.7 Å². The van der Waals surface area contributed by atoms with Gasteiger partial charge < -0.3 is 19.5 Å². The maximum absolute atomic E-state index is 11.2. The molecular formula is C18H18N2O6S4. The van der Waals surface area contributed by atoms with Crippen LogP contribution in [0, 0.1) is 3.95 Å². The Morgan fingerprint density at radius 3 is 2.87 bits per heavy atom. The molecule has 8 nitrogen and oxygen atoms in total. The zero-order valence-corrected chi connectivity index (χ0v) is 19.1. The van der Waals surface area contributed by atoms with Crippen molar-refractivity contribution in [2.45, 2.75) is 24.8 Å². The molecule has 0 fully saturated rings. The van der Waals surface area contributed by atoms with E-state index in [0.717, 1.165) is 10.6 Å². The highest BCUT2D eigenvalue weighted by molar-refractivity contribution is 8.03. The first-order chi connectivity index (χ1) is 14.3. The van der Waals surface area contributed by atoms with Gasteiger partial charge >= 0.3 is 0 Å². The number of benzene rings is 1. The maximum atomic E-state index is 11.2. The first-order valence-corrected chi connectivity index (χ1v) is 12.7. The monoisotopic (exact) mass is 486 g/mol. The van der Waals surface area contributed by atoms with Gasteiger partial charge in [-0.05, 0) is 37.7 Å². The van der Waals surface area contributed by atoms with Gasteiger partial charge in [-0.25, -0.2) is 0 Å². The van der Waals surface area contributed by atoms with Gasteiger partial charge in [-0.3, -0.25) is 9.12 Å². The fourth-order valence-electron chi connectivity index (χ4n) is 3.18. The zero-order valence-electron chi connectivity index (χ0n) is 15.8. The number of thioether (sulfide) groups is 1. The van der Waals surface area contributed by atoms with Gasteiger partial charge in [-0.2, -0.15) is 8.42 Å². The molecule has 0 spiro atoms. The highest BCUT2D eigenvalue weighted by Crippen LogP contribution is 2.55. The topological polar surface area (TPSA) is 101 Å². The summed E-state index contributed by atoms with van der Waals surface area (Å²) in [5.41, 5.74) is 3.98. The summed E-state index contributed by atoms with van der Waals surface area (Å²) in [5, 5.41) is 11.1. The molecule has 2 aromatic rings. The van der Waals surface area contributed by atoms with Crippen LogP contribution in [0.2, 0.25) is 0 Å². The second-order valence-corrected chi connectivity index (χ2v) is 10.7. The van der Waals surface area contributed by atoms with Crippen LogP contribution in [0.4, 0.5) is 5.69 Å². The number of hydrogen-bond acceptors (Lipinski definition) is 9. The molecular weight excluding hydrogens is 468 g/mol. The molecule has 12 heteroatoms. The summed E-state index contributed by atoms with van der Waals surface area (Å²) in [7, 11) is -4.06. The Hall–Kier alpha value is -1.95. The van der Waals surface area contributed by atoms with Crippen molar-refractivity contribution in [3.05, 3.63) is 31.7 Å². The third kappa shape index (κ3) is 4.11. The molecule has 0 radical (unpaired) electrons. The summed E-state index contributed by atoms with van der Waals surface area (Å²) in [4.78, 5) is 3.40. The van der Waals surface area contributed by atoms with Gasteiger partial charge in [0, 0.05) is 24.1 Å². The Morgan fingerprint density at radius 2 is 2.17 bits per heavy atom. The Labute approximate surface area is 186 Å². The van der Waals surface area contributed by atoms with Gasteiger partial charge in [-0.1, -0.05) is 17.5 Å². The van der Waals surface area contributed by atoms with E-state index in [2.05, 4.69) is 5.73 Å². The van der Waals surface area contributed by atoms with Crippen LogP contribution in [0.15, 0.2) is 27.8 Å². The predicted molar refractivity (Wildman–Crippen MR) is 119 cm³/mol. The zero-order chi connectivity index (χ0) is 21.5. The summed E-state index contributed by atoms with van der Waals surface area (Å²) in [6.45, 7) is 2.91. The van der Waals surface area contributed by atoms with Gasteiger partial charge in [0.2, 0.25) is 12.7 Å². The second-order valence-electron chi connectivity index (χ2n) is 6.43. The number of ether oxygens (including phenoxy) is 2. The standard InChI is InChI=1S/C18H18N2O6S4/c1-2-19-17(21)13(29-18(19)27)6-7-14-20(8-3-9-30(22,23)24)15-12(28-14)5-4-11-16(15)26-10-25-11/h4-6,21H,2-3,8-10H2,1H3,(H,22,23,24). The molecule has 30 heavy (non-hydrogen) atoms. The normalized spacial score (nSPS) is 14.7. The molecule has 0 amide bonds. The van der Waals surface area contributed by atoms with E-state index in [4.69, 9.17) is 26.2 Å². The van der Waals surface area contributed by atoms with Crippen LogP contribution in [0.1, 0.15) is 18.2 Å². The van der Waals surface area contributed by atoms with Crippen LogP contribution in [-0.2, 0) is 16.7 Å². The second kappa shape index (κ2) is 8.29. The Bertz CT molecular complexity index is 1220. The number of aromatic nitrogens is 1. The quantitative estimate of drug-likeness (QED) is 0.355. The Kier molecular flexibility index (Phi) is 5.88. The molecule has 4 rings (SSSR count). The molecule has 1 aromatic heterocycles. The first kappa shape index (κ1) is 21.3. The molecule has 160 valence electrons. The largest absolute Gasteiger partial charge is 0.493 e. The number of thiazole rings is 1. The molecule has 0 saturated carbocycles. The Morgan fingerprint density at radius 1 is 1.37 bits per heavy atom. The first-order valence-electron chi connectivity index (χ1n) is 9.01. The van der Waals surface area contributed by atoms with Crippen molar-refractivity contribution in [2.24, 2.45) is 0 Å². The summed E-state index contributed by atoms with van der Waals surface area (Å²) in [6, 6.07) is 3.74. The Balaban J connectivity index is 1.73. The van der Waals surface area contributed by atoms with Crippen LogP contribution >= 0.6 is 35.3 Å². The summed E-state index contributed by atoms with van der Waals surface area (Å²) < 4.78 is 44.7. The van der Waals surface area contributed by atoms with E-state index in [-0.39, 0.29) is 24.8 Å². The van der Waals surface area contributed by atoms with Gasteiger partial charge in [-0.15, -0.1) is 11.3 Å². The summed E-state index contributed by atoms with van der Waals surface area (Å²) in [5.74, 6) is 0.958. The van der Waals surface area contributed by atoms with E-state index in [1.165, 1.54) is 23.1 Å². The van der Waals surface area contributed by atoms with Crippen molar-refractivity contribution in [1.82, 2.24) is 4.57 Å². The van der Waals surface area contributed by atoms with Crippen molar-refractivity contribution in [3.8, 4) is 17.4 Å². The lowest BCUT2D eigenvalue weighted by molar-refractivity contribution is 0.174. The third-order valence-electron chi connectivity index (χ3n) is 4.52. The minimum Gasteiger partial charge on any atom is -0.493 e. The summed E-state index contributed by atoms with van der Waals surface area (Å²) >= 11 is 8.01. The number of hydrogen-bond donors (Lipinski definition) is 2. The number of rotatable bonds is 6. The van der Waals surface area contributed by atoms with Crippen LogP contribution in [0.3, 0.4) is 0 Å². The number of nitrogens with zero attached hydrogens (tertiary/aromatic N) is 2. The van der Waals surface area contributed by atoms with Gasteiger partial charge in [0.15, 0.2) is 15.5 Å². The number of fused-ring (bicyclic) bond motifs is 3. The lowest BCUT2D eigenvalue weighted by Gasteiger charge is -2.20. The molecule has 0 bridgehead atoms. The molecule has 2 aliphatic heterocycles. The number of anilines is 1. The molecule has 1 aromatic carbocycles. The fourth-order valence-corrected chi connectivity index (χ4v) is 6.05. The lowest BCUT2D eigenvalue weighted by Crippen LogP contribution is -2.21. The number of aromatic hydroxyl groups is 1. The van der Waals surface area contributed by atoms with E-state index in [0.29, 0.717) is 38.4 Å².